The van der Waals surface area contributed by atoms with Gasteiger partial charge in [0.15, 0.2) is 0 Å². The molecule has 3 rings (SSSR count). The zero-order valence-electron chi connectivity index (χ0n) is 24.7. The van der Waals surface area contributed by atoms with Crippen molar-refractivity contribution in [2.24, 2.45) is 22.7 Å². The van der Waals surface area contributed by atoms with E-state index in [1.165, 1.54) is 0 Å². The van der Waals surface area contributed by atoms with E-state index >= 15 is 0 Å². The van der Waals surface area contributed by atoms with Gasteiger partial charge in [-0.25, -0.2) is 8.42 Å². The molecular formula is C29H44N4O4S. The van der Waals surface area contributed by atoms with Gasteiger partial charge in [0.25, 0.3) is 0 Å². The van der Waals surface area contributed by atoms with E-state index in [0.717, 1.165) is 16.7 Å². The van der Waals surface area contributed by atoms with E-state index in [1.54, 1.807) is 18.7 Å². The smallest absolute Gasteiger partial charge is 0.244 e. The summed E-state index contributed by atoms with van der Waals surface area (Å²) in [6.07, 6.45) is 0.457. The van der Waals surface area contributed by atoms with E-state index in [4.69, 9.17) is 0 Å². The minimum Gasteiger partial charge on any atom is -0.339 e. The third kappa shape index (κ3) is 4.98. The molecule has 1 aliphatic carbocycles. The fraction of sp³-hybridized carbons (Fsp3) is 0.690. The fourth-order valence-electron chi connectivity index (χ4n) is 6.14. The number of hydrogen-bond donors (Lipinski definition) is 2. The number of hydrogen-bond acceptors (Lipinski definition) is 5. The van der Waals surface area contributed by atoms with Gasteiger partial charge in [-0.15, -0.1) is 0 Å². The standard InChI is InChI=1S/C29H44N4O4S/c1-12-20(13-30)31-26(34)23-22-21(29(22,10)11)14-33(23)27(35)25(28(7,8)9)32-38(36,37)24-18(5)16(3)15(2)17(4)19(24)6/h20-23,25,32H,12,14H2,1-11H3,(H,31,34)/t20-,21-,22-,23-,25+/m0/s1. The molecule has 2 fully saturated rings. The zero-order valence-corrected chi connectivity index (χ0v) is 25.6. The van der Waals surface area contributed by atoms with Gasteiger partial charge < -0.3 is 10.2 Å². The second kappa shape index (κ2) is 9.95. The number of nitrogens with one attached hydrogen (secondary N) is 2. The van der Waals surface area contributed by atoms with Crippen LogP contribution in [0.4, 0.5) is 0 Å². The van der Waals surface area contributed by atoms with E-state index in [2.05, 4.69) is 30.0 Å². The molecule has 0 radical (unpaired) electrons. The lowest BCUT2D eigenvalue weighted by Gasteiger charge is -2.37. The Balaban J connectivity index is 2.01. The van der Waals surface area contributed by atoms with Crippen molar-refractivity contribution in [2.45, 2.75) is 106 Å². The Morgan fingerprint density at radius 2 is 1.55 bits per heavy atom. The topological polar surface area (TPSA) is 119 Å². The molecule has 9 heteroatoms. The monoisotopic (exact) mass is 544 g/mol. The molecule has 1 aliphatic heterocycles. The molecule has 2 amide bonds. The highest BCUT2D eigenvalue weighted by Crippen LogP contribution is 2.65. The molecule has 0 spiro atoms. The van der Waals surface area contributed by atoms with Crippen molar-refractivity contribution in [3.8, 4) is 6.07 Å². The number of fused-ring (bicyclic) bond motifs is 1. The number of benzene rings is 1. The molecule has 8 nitrogen and oxygen atoms in total. The van der Waals surface area contributed by atoms with Crippen LogP contribution in [0.5, 0.6) is 0 Å². The van der Waals surface area contributed by atoms with E-state index in [-0.39, 0.29) is 28.1 Å². The van der Waals surface area contributed by atoms with Crippen LogP contribution < -0.4 is 10.0 Å². The third-order valence-corrected chi connectivity index (χ3v) is 10.9. The van der Waals surface area contributed by atoms with Crippen molar-refractivity contribution in [3.63, 3.8) is 0 Å². The molecule has 38 heavy (non-hydrogen) atoms. The Labute approximate surface area is 228 Å². The zero-order chi connectivity index (χ0) is 29.1. The molecule has 1 saturated carbocycles. The van der Waals surface area contributed by atoms with Crippen LogP contribution in [-0.2, 0) is 19.6 Å². The van der Waals surface area contributed by atoms with Gasteiger partial charge in [0.05, 0.1) is 11.0 Å². The van der Waals surface area contributed by atoms with Gasteiger partial charge in [-0.05, 0) is 91.5 Å². The first kappa shape index (κ1) is 30.1. The summed E-state index contributed by atoms with van der Waals surface area (Å²) in [6.45, 7) is 21.2. The van der Waals surface area contributed by atoms with Crippen molar-refractivity contribution in [2.75, 3.05) is 6.54 Å². The molecule has 0 bridgehead atoms. The van der Waals surface area contributed by atoms with Gasteiger partial charge in [0.1, 0.15) is 18.1 Å². The minimum atomic E-state index is -4.07. The number of nitriles is 1. The average molecular weight is 545 g/mol. The Hall–Kier alpha value is -2.44. The van der Waals surface area contributed by atoms with E-state index in [9.17, 15) is 23.3 Å². The Morgan fingerprint density at radius 1 is 1.05 bits per heavy atom. The van der Waals surface area contributed by atoms with Crippen LogP contribution >= 0.6 is 0 Å². The summed E-state index contributed by atoms with van der Waals surface area (Å²) in [4.78, 5) is 29.3. The van der Waals surface area contributed by atoms with Crippen LogP contribution in [0.3, 0.4) is 0 Å². The minimum absolute atomic E-state index is 0.0354. The fourth-order valence-corrected chi connectivity index (χ4v) is 8.14. The summed E-state index contributed by atoms with van der Waals surface area (Å²) in [6, 6.07) is -0.376. The molecular weight excluding hydrogens is 500 g/mol. The highest BCUT2D eigenvalue weighted by Gasteiger charge is 2.69. The number of sulfonamides is 1. The Bertz CT molecular complexity index is 1270. The molecule has 1 saturated heterocycles. The maximum Gasteiger partial charge on any atom is 0.244 e. The van der Waals surface area contributed by atoms with Gasteiger partial charge in [0.2, 0.25) is 21.8 Å². The molecule has 210 valence electrons. The molecule has 1 aromatic rings. The van der Waals surface area contributed by atoms with Gasteiger partial charge >= 0.3 is 0 Å². The first-order chi connectivity index (χ1) is 17.3. The van der Waals surface area contributed by atoms with Crippen molar-refractivity contribution in [1.29, 1.82) is 5.26 Å². The summed E-state index contributed by atoms with van der Waals surface area (Å²) < 4.78 is 30.5. The molecule has 1 heterocycles. The van der Waals surface area contributed by atoms with Crippen LogP contribution in [0.15, 0.2) is 4.90 Å². The SMILES string of the molecule is CC[C@@H](C#N)NC(=O)[C@@H]1[C@@H]2[C@H](CN1C(=O)[C@@H](NS(=O)(=O)c1c(C)c(C)c(C)c(C)c1C)C(C)(C)C)C2(C)C. The summed E-state index contributed by atoms with van der Waals surface area (Å²) in [5.74, 6) is -0.651. The number of amides is 2. The van der Waals surface area contributed by atoms with Crippen LogP contribution in [0, 0.1) is 68.6 Å². The number of nitrogens with zero attached hydrogens (tertiary/aromatic N) is 2. The summed E-state index contributed by atoms with van der Waals surface area (Å²) >= 11 is 0. The first-order valence-corrected chi connectivity index (χ1v) is 14.9. The van der Waals surface area contributed by atoms with Crippen LogP contribution in [0.2, 0.25) is 0 Å². The molecule has 2 aliphatic rings. The molecule has 1 aromatic carbocycles. The van der Waals surface area contributed by atoms with Crippen molar-refractivity contribution >= 4 is 21.8 Å². The van der Waals surface area contributed by atoms with Crippen LogP contribution in [0.25, 0.3) is 0 Å². The summed E-state index contributed by atoms with van der Waals surface area (Å²) in [7, 11) is -4.07. The lowest BCUT2D eigenvalue weighted by atomic mass is 9.86. The molecule has 0 aromatic heterocycles. The highest BCUT2D eigenvalue weighted by molar-refractivity contribution is 7.89. The normalized spacial score (nSPS) is 23.8. The van der Waals surface area contributed by atoms with E-state index in [1.807, 2.05) is 48.5 Å². The predicted molar refractivity (Wildman–Crippen MR) is 148 cm³/mol. The number of piperidine rings is 1. The van der Waals surface area contributed by atoms with Crippen molar-refractivity contribution in [3.05, 3.63) is 27.8 Å². The number of rotatable bonds is 7. The van der Waals surface area contributed by atoms with E-state index < -0.39 is 39.5 Å². The van der Waals surface area contributed by atoms with Crippen molar-refractivity contribution in [1.82, 2.24) is 14.9 Å². The predicted octanol–water partition coefficient (Wildman–Crippen LogP) is 3.82. The average Bonchev–Trinajstić information content (AvgIpc) is 3.15. The maximum absolute atomic E-state index is 14.1. The van der Waals surface area contributed by atoms with Gasteiger partial charge in [0, 0.05) is 6.54 Å². The largest absolute Gasteiger partial charge is 0.339 e. The second-order valence-corrected chi connectivity index (χ2v) is 14.5. The van der Waals surface area contributed by atoms with Gasteiger partial charge in [-0.2, -0.15) is 9.98 Å². The third-order valence-electron chi connectivity index (χ3n) is 9.23. The van der Waals surface area contributed by atoms with E-state index in [0.29, 0.717) is 24.1 Å². The lowest BCUT2D eigenvalue weighted by molar-refractivity contribution is -0.143. The molecule has 2 N–H and O–H groups in total. The number of carbonyl (C=O) groups excluding carboxylic acids is 2. The highest BCUT2D eigenvalue weighted by atomic mass is 32.2. The quantitative estimate of drug-likeness (QED) is 0.541. The van der Waals surface area contributed by atoms with Crippen LogP contribution in [0.1, 0.15) is 75.8 Å². The molecule has 0 unspecified atom stereocenters. The number of likely N-dealkylation sites (tertiary alicyclic amines) is 1. The van der Waals surface area contributed by atoms with Gasteiger partial charge in [-0.1, -0.05) is 41.5 Å². The molecule has 5 atom stereocenters. The first-order valence-electron chi connectivity index (χ1n) is 13.4. The van der Waals surface area contributed by atoms with Crippen molar-refractivity contribution < 1.29 is 18.0 Å². The number of carbonyl (C=O) groups is 2. The lowest BCUT2D eigenvalue weighted by Crippen LogP contribution is -2.59. The summed E-state index contributed by atoms with van der Waals surface area (Å²) in [5, 5.41) is 12.2. The van der Waals surface area contributed by atoms with Crippen LogP contribution in [-0.4, -0.2) is 49.8 Å². The Kier molecular flexibility index (Phi) is 7.88. The Morgan fingerprint density at radius 3 is 2.00 bits per heavy atom. The van der Waals surface area contributed by atoms with Gasteiger partial charge in [-0.3, -0.25) is 9.59 Å². The summed E-state index contributed by atoms with van der Waals surface area (Å²) in [5.41, 5.74) is 3.35. The maximum atomic E-state index is 14.1. The second-order valence-electron chi connectivity index (χ2n) is 12.9.